The maximum Gasteiger partial charge on any atom is 0.402 e. The van der Waals surface area contributed by atoms with E-state index in [4.69, 9.17) is 5.11 Å². The first-order chi connectivity index (χ1) is 8.99. The summed E-state index contributed by atoms with van der Waals surface area (Å²) in [5.74, 6) is 0. The van der Waals surface area contributed by atoms with Gasteiger partial charge >= 0.3 is 6.18 Å². The molecule has 0 amide bonds. The number of alkyl halides is 3. The third kappa shape index (κ3) is 3.94. The summed E-state index contributed by atoms with van der Waals surface area (Å²) in [5.41, 5.74) is 0. The fraction of sp³-hybridized carbons (Fsp3) is 0.636. The topological polar surface area (TPSA) is 57.6 Å². The zero-order valence-corrected chi connectivity index (χ0v) is 12.9. The molecular weight excluding hydrogens is 315 g/mol. The van der Waals surface area contributed by atoms with E-state index in [9.17, 15) is 21.6 Å². The van der Waals surface area contributed by atoms with Gasteiger partial charge in [0.05, 0.1) is 11.5 Å². The standard InChI is InChI=1S/C11H16F3NO3S2/c1-7(2)15(6-11(12,13)14)20(17,18)10-4-9(5-16)19-8(10)3/h4,7,16H,5-6H2,1-3H3. The van der Waals surface area contributed by atoms with Gasteiger partial charge in [0.25, 0.3) is 0 Å². The molecule has 0 unspecified atom stereocenters. The Bertz CT molecular complexity index is 564. The van der Waals surface area contributed by atoms with Gasteiger partial charge in [-0.3, -0.25) is 0 Å². The second-order valence-electron chi connectivity index (χ2n) is 4.55. The first-order valence-corrected chi connectivity index (χ1v) is 8.03. The van der Waals surface area contributed by atoms with Crippen molar-refractivity contribution in [2.45, 2.75) is 44.5 Å². The molecular formula is C11H16F3NO3S2. The summed E-state index contributed by atoms with van der Waals surface area (Å²) in [6.07, 6.45) is -4.61. The summed E-state index contributed by atoms with van der Waals surface area (Å²) in [6.45, 7) is 2.40. The summed E-state index contributed by atoms with van der Waals surface area (Å²) in [7, 11) is -4.24. The normalized spacial score (nSPS) is 13.4. The highest BCUT2D eigenvalue weighted by atomic mass is 32.2. The van der Waals surface area contributed by atoms with Crippen LogP contribution in [0.1, 0.15) is 23.6 Å². The zero-order chi connectivity index (χ0) is 15.7. The molecule has 116 valence electrons. The van der Waals surface area contributed by atoms with E-state index < -0.39 is 28.8 Å². The molecule has 9 heteroatoms. The van der Waals surface area contributed by atoms with Gasteiger partial charge in [-0.25, -0.2) is 8.42 Å². The lowest BCUT2D eigenvalue weighted by molar-refractivity contribution is -0.138. The number of sulfonamides is 1. The Morgan fingerprint density at radius 1 is 1.40 bits per heavy atom. The third-order valence-corrected chi connectivity index (χ3v) is 5.89. The first kappa shape index (κ1) is 17.4. The second-order valence-corrected chi connectivity index (χ2v) is 7.75. The number of hydrogen-bond donors (Lipinski definition) is 1. The molecule has 0 aliphatic carbocycles. The van der Waals surface area contributed by atoms with Crippen LogP contribution >= 0.6 is 11.3 Å². The number of hydrogen-bond acceptors (Lipinski definition) is 4. The number of halogens is 3. The number of nitrogens with zero attached hydrogens (tertiary/aromatic N) is 1. The summed E-state index contributed by atoms with van der Waals surface area (Å²) < 4.78 is 62.7. The van der Waals surface area contributed by atoms with E-state index in [0.29, 0.717) is 14.1 Å². The Morgan fingerprint density at radius 2 is 1.95 bits per heavy atom. The van der Waals surface area contributed by atoms with Crippen molar-refractivity contribution in [2.75, 3.05) is 6.54 Å². The summed E-state index contributed by atoms with van der Waals surface area (Å²) >= 11 is 1.05. The maximum absolute atomic E-state index is 12.5. The minimum Gasteiger partial charge on any atom is -0.391 e. The van der Waals surface area contributed by atoms with Crippen LogP contribution in [0.4, 0.5) is 13.2 Å². The Kier molecular flexibility index (Phi) is 5.23. The molecule has 4 nitrogen and oxygen atoms in total. The van der Waals surface area contributed by atoms with Crippen LogP contribution in [0.15, 0.2) is 11.0 Å². The molecule has 0 fully saturated rings. The number of aliphatic hydroxyl groups excluding tert-OH is 1. The predicted octanol–water partition coefficient (Wildman–Crippen LogP) is 2.51. The predicted molar refractivity (Wildman–Crippen MR) is 70.1 cm³/mol. The van der Waals surface area contributed by atoms with Gasteiger partial charge < -0.3 is 5.11 Å². The third-order valence-electron chi connectivity index (χ3n) is 2.58. The second kappa shape index (κ2) is 6.00. The number of aryl methyl sites for hydroxylation is 1. The Hall–Kier alpha value is -0.640. The van der Waals surface area contributed by atoms with Gasteiger partial charge in [0.1, 0.15) is 6.54 Å². The van der Waals surface area contributed by atoms with Crippen LogP contribution in [0.5, 0.6) is 0 Å². The molecule has 0 saturated heterocycles. The lowest BCUT2D eigenvalue weighted by Crippen LogP contribution is -2.43. The van der Waals surface area contributed by atoms with Crippen molar-refractivity contribution >= 4 is 21.4 Å². The molecule has 0 spiro atoms. The minimum absolute atomic E-state index is 0.176. The Balaban J connectivity index is 3.26. The van der Waals surface area contributed by atoms with Crippen molar-refractivity contribution in [2.24, 2.45) is 0 Å². The summed E-state index contributed by atoms with van der Waals surface area (Å²) in [5, 5.41) is 9.00. The highest BCUT2D eigenvalue weighted by Crippen LogP contribution is 2.31. The molecule has 0 aliphatic rings. The van der Waals surface area contributed by atoms with Crippen LogP contribution in [-0.4, -0.2) is 36.6 Å². The molecule has 0 aromatic carbocycles. The maximum atomic E-state index is 12.5. The quantitative estimate of drug-likeness (QED) is 0.902. The molecule has 1 N–H and O–H groups in total. The number of rotatable bonds is 5. The molecule has 0 bridgehead atoms. The molecule has 1 heterocycles. The lowest BCUT2D eigenvalue weighted by atomic mass is 10.4. The average Bonchev–Trinajstić information content (AvgIpc) is 2.66. The lowest BCUT2D eigenvalue weighted by Gasteiger charge is -2.26. The molecule has 0 radical (unpaired) electrons. The largest absolute Gasteiger partial charge is 0.402 e. The van der Waals surface area contributed by atoms with Gasteiger partial charge in [-0.05, 0) is 26.8 Å². The van der Waals surface area contributed by atoms with E-state index in [2.05, 4.69) is 0 Å². The fourth-order valence-electron chi connectivity index (χ4n) is 1.71. The van der Waals surface area contributed by atoms with Gasteiger partial charge in [-0.15, -0.1) is 11.3 Å². The van der Waals surface area contributed by atoms with Crippen LogP contribution in [0.25, 0.3) is 0 Å². The highest BCUT2D eigenvalue weighted by Gasteiger charge is 2.39. The SMILES string of the molecule is Cc1sc(CO)cc1S(=O)(=O)N(CC(F)(F)F)C(C)C. The van der Waals surface area contributed by atoms with Gasteiger partial charge in [-0.1, -0.05) is 0 Å². The number of thiophene rings is 1. The smallest absolute Gasteiger partial charge is 0.391 e. The van der Waals surface area contributed by atoms with E-state index in [0.717, 1.165) is 11.3 Å². The van der Waals surface area contributed by atoms with Crippen molar-refractivity contribution in [1.29, 1.82) is 0 Å². The Labute approximate surface area is 119 Å². The van der Waals surface area contributed by atoms with E-state index in [-0.39, 0.29) is 11.5 Å². The van der Waals surface area contributed by atoms with Crippen molar-refractivity contribution in [3.8, 4) is 0 Å². The van der Waals surface area contributed by atoms with Crippen LogP contribution in [0, 0.1) is 6.92 Å². The van der Waals surface area contributed by atoms with Crippen molar-refractivity contribution < 1.29 is 26.7 Å². The van der Waals surface area contributed by atoms with Crippen LogP contribution in [0.2, 0.25) is 0 Å². The Morgan fingerprint density at radius 3 is 2.30 bits per heavy atom. The molecule has 1 rings (SSSR count). The van der Waals surface area contributed by atoms with E-state index in [1.807, 2.05) is 0 Å². The van der Waals surface area contributed by atoms with E-state index >= 15 is 0 Å². The van der Waals surface area contributed by atoms with Gasteiger partial charge in [-0.2, -0.15) is 17.5 Å². The molecule has 20 heavy (non-hydrogen) atoms. The highest BCUT2D eigenvalue weighted by molar-refractivity contribution is 7.89. The molecule has 0 saturated carbocycles. The first-order valence-electron chi connectivity index (χ1n) is 5.78. The van der Waals surface area contributed by atoms with E-state index in [1.165, 1.54) is 26.8 Å². The minimum atomic E-state index is -4.61. The fourth-order valence-corrected chi connectivity index (χ4v) is 4.79. The van der Waals surface area contributed by atoms with Gasteiger partial charge in [0.2, 0.25) is 10.0 Å². The van der Waals surface area contributed by atoms with Crippen LogP contribution < -0.4 is 0 Å². The van der Waals surface area contributed by atoms with Crippen molar-refractivity contribution in [3.05, 3.63) is 15.8 Å². The van der Waals surface area contributed by atoms with Crippen LogP contribution in [0.3, 0.4) is 0 Å². The van der Waals surface area contributed by atoms with Crippen molar-refractivity contribution in [3.63, 3.8) is 0 Å². The molecule has 1 aromatic rings. The molecule has 0 aliphatic heterocycles. The van der Waals surface area contributed by atoms with E-state index in [1.54, 1.807) is 0 Å². The van der Waals surface area contributed by atoms with Gasteiger partial charge in [0.15, 0.2) is 0 Å². The molecule has 0 atom stereocenters. The van der Waals surface area contributed by atoms with Crippen molar-refractivity contribution in [1.82, 2.24) is 4.31 Å². The molecule has 1 aromatic heterocycles. The number of aliphatic hydroxyl groups is 1. The van der Waals surface area contributed by atoms with Gasteiger partial charge in [0, 0.05) is 15.8 Å². The average molecular weight is 331 g/mol. The summed E-state index contributed by atoms with van der Waals surface area (Å²) in [6, 6.07) is 0.402. The summed E-state index contributed by atoms with van der Waals surface area (Å²) in [4.78, 5) is 0.586. The zero-order valence-electron chi connectivity index (χ0n) is 11.2. The van der Waals surface area contributed by atoms with Crippen LogP contribution in [-0.2, 0) is 16.6 Å². The monoisotopic (exact) mass is 331 g/mol.